The predicted molar refractivity (Wildman–Crippen MR) is 228 cm³/mol. The van der Waals surface area contributed by atoms with Crippen molar-refractivity contribution in [2.75, 3.05) is 11.9 Å². The average Bonchev–Trinajstić information content (AvgIpc) is 3.45. The maximum Gasteiger partial charge on any atom is 0.417 e. The Morgan fingerprint density at radius 3 is 1.87 bits per heavy atom. The number of rotatable bonds is 14. The fraction of sp³-hybridized carbons (Fsp3) is 0.333. The van der Waals surface area contributed by atoms with E-state index in [1.807, 2.05) is 54.6 Å². The molecule has 4 aromatic carbocycles. The van der Waals surface area contributed by atoms with E-state index in [-0.39, 0.29) is 58.7 Å². The minimum atomic E-state index is -2.12. The molecule has 0 radical (unpaired) electrons. The Balaban J connectivity index is 0.00000324. The summed E-state index contributed by atoms with van der Waals surface area (Å²) >= 11 is 0. The van der Waals surface area contributed by atoms with Gasteiger partial charge in [-0.1, -0.05) is 54.6 Å². The van der Waals surface area contributed by atoms with Crippen LogP contribution >= 0.6 is 40.5 Å². The Morgan fingerprint density at radius 2 is 1.32 bits per heavy atom. The molecule has 53 heavy (non-hydrogen) atoms. The van der Waals surface area contributed by atoms with Gasteiger partial charge in [0.1, 0.15) is 30.0 Å². The number of carbonyl (C=O) groups excluding carboxylic acids is 2. The van der Waals surface area contributed by atoms with Crippen LogP contribution in [0.25, 0.3) is 0 Å². The summed E-state index contributed by atoms with van der Waals surface area (Å²) in [6, 6.07) is 27.9. The number of nitrogens with zero attached hydrogens (tertiary/aromatic N) is 1. The van der Waals surface area contributed by atoms with Gasteiger partial charge in [-0.2, -0.15) is 40.5 Å². The minimum Gasteiger partial charge on any atom is -0.544 e. The van der Waals surface area contributed by atoms with E-state index in [1.54, 1.807) is 24.3 Å². The quantitative estimate of drug-likeness (QED) is 0.128. The third-order valence-corrected chi connectivity index (χ3v) is 10.2. The molecule has 1 heterocycles. The molecule has 5 rings (SSSR count). The Morgan fingerprint density at radius 1 is 0.774 bits per heavy atom. The van der Waals surface area contributed by atoms with Gasteiger partial charge < -0.3 is 18.9 Å². The molecule has 1 N–H and O–H groups in total. The van der Waals surface area contributed by atoms with Gasteiger partial charge in [-0.3, -0.25) is 4.79 Å². The maximum absolute atomic E-state index is 15.0. The number of benzene rings is 4. The highest BCUT2D eigenvalue weighted by Crippen LogP contribution is 2.39. The number of hydrogen-bond acceptors (Lipinski definition) is 6. The van der Waals surface area contributed by atoms with Gasteiger partial charge in [0, 0.05) is 5.69 Å². The topological polar surface area (TPSA) is 77.1 Å². The van der Waals surface area contributed by atoms with E-state index in [0.717, 1.165) is 22.4 Å². The summed E-state index contributed by atoms with van der Waals surface area (Å²) in [6.45, 7) is 12.6. The standard InChI is InChI=1S/C39H46F2N2O5Si2.3H2S/c1-49(2,3)47-33-22-14-29(15-23-33)37(42-32-20-18-31(41)19-21-32)34(24-25-36(48-50(4,5)6)28-12-16-30(40)17-13-28)38(44)43-35(26-46-39(43)45)27-10-8-7-9-11-27;;;/h7-23,34-37,42H,24-26H2,1-6H3;3*1H2/t34-,35-,36+,37-;;;/m1.../s1. The Kier molecular flexibility index (Phi) is 17.2. The first-order valence-corrected chi connectivity index (χ1v) is 23.8. The van der Waals surface area contributed by atoms with Crippen LogP contribution in [-0.4, -0.2) is 40.1 Å². The van der Waals surface area contributed by atoms with Gasteiger partial charge in [-0.15, -0.1) is 0 Å². The monoisotopic (exact) mass is 818 g/mol. The summed E-state index contributed by atoms with van der Waals surface area (Å²) in [5.41, 5.74) is 2.98. The van der Waals surface area contributed by atoms with Crippen LogP contribution in [0, 0.1) is 17.6 Å². The van der Waals surface area contributed by atoms with Crippen LogP contribution in [0.15, 0.2) is 103 Å². The molecule has 288 valence electrons. The number of nitrogens with one attached hydrogen (secondary N) is 1. The summed E-state index contributed by atoms with van der Waals surface area (Å²) in [5, 5.41) is 3.50. The molecule has 1 saturated heterocycles. The van der Waals surface area contributed by atoms with E-state index in [2.05, 4.69) is 44.6 Å². The number of ether oxygens (including phenoxy) is 1. The van der Waals surface area contributed by atoms with Crippen molar-refractivity contribution in [1.29, 1.82) is 0 Å². The molecule has 7 nitrogen and oxygen atoms in total. The van der Waals surface area contributed by atoms with Gasteiger partial charge in [0.25, 0.3) is 0 Å². The molecule has 0 saturated carbocycles. The molecule has 1 aliphatic rings. The first kappa shape index (κ1) is 45.9. The van der Waals surface area contributed by atoms with E-state index in [1.165, 1.54) is 29.2 Å². The van der Waals surface area contributed by atoms with Gasteiger partial charge in [0.15, 0.2) is 8.32 Å². The Bertz CT molecular complexity index is 1750. The molecule has 0 aromatic heterocycles. The van der Waals surface area contributed by atoms with E-state index in [0.29, 0.717) is 18.5 Å². The zero-order valence-corrected chi connectivity index (χ0v) is 36.0. The van der Waals surface area contributed by atoms with Crippen molar-refractivity contribution >= 4 is 74.8 Å². The number of anilines is 1. The molecule has 14 heteroatoms. The van der Waals surface area contributed by atoms with Crippen LogP contribution in [0.3, 0.4) is 0 Å². The molecule has 2 amide bonds. The second-order valence-corrected chi connectivity index (χ2v) is 23.5. The molecule has 0 bridgehead atoms. The SMILES string of the molecule is C[Si](C)(C)Oc1ccc([C@@H](Nc2ccc(F)cc2)[C@@H](CC[C@H](O[Si](C)(C)C)c2ccc(F)cc2)C(=O)N2C(=O)OC[C@@H]2c2ccccc2)cc1.S.S.S. The fourth-order valence-electron chi connectivity index (χ4n) is 6.16. The largest absolute Gasteiger partial charge is 0.544 e. The molecular weight excluding hydrogens is 767 g/mol. The molecule has 0 unspecified atom stereocenters. The third-order valence-electron chi connectivity index (χ3n) is 8.32. The van der Waals surface area contributed by atoms with Gasteiger partial charge in [-0.25, -0.2) is 18.5 Å². The number of hydrogen-bond donors (Lipinski definition) is 1. The van der Waals surface area contributed by atoms with Gasteiger partial charge in [0.05, 0.1) is 18.1 Å². The van der Waals surface area contributed by atoms with Gasteiger partial charge >= 0.3 is 6.09 Å². The number of imide groups is 1. The van der Waals surface area contributed by atoms with Crippen molar-refractivity contribution in [1.82, 2.24) is 4.90 Å². The third kappa shape index (κ3) is 12.9. The van der Waals surface area contributed by atoms with Crippen molar-refractivity contribution in [2.45, 2.75) is 70.3 Å². The summed E-state index contributed by atoms with van der Waals surface area (Å²) in [7, 11) is -4.01. The number of amides is 2. The van der Waals surface area contributed by atoms with E-state index in [4.69, 9.17) is 13.6 Å². The molecule has 1 fully saturated rings. The summed E-state index contributed by atoms with van der Waals surface area (Å²) in [5.74, 6) is -1.23. The number of carbonyl (C=O) groups is 2. The molecule has 4 aromatic rings. The van der Waals surface area contributed by atoms with Crippen molar-refractivity contribution in [2.24, 2.45) is 5.92 Å². The van der Waals surface area contributed by atoms with Crippen molar-refractivity contribution in [3.05, 3.63) is 131 Å². The van der Waals surface area contributed by atoms with Crippen LogP contribution in [0.2, 0.25) is 39.3 Å². The Labute approximate surface area is 335 Å². The van der Waals surface area contributed by atoms with Crippen LogP contribution < -0.4 is 9.74 Å². The van der Waals surface area contributed by atoms with Crippen LogP contribution in [0.5, 0.6) is 5.75 Å². The zero-order valence-electron chi connectivity index (χ0n) is 31.0. The van der Waals surface area contributed by atoms with Crippen LogP contribution in [0.1, 0.15) is 47.7 Å². The first-order valence-electron chi connectivity index (χ1n) is 17.0. The first-order chi connectivity index (χ1) is 23.7. The van der Waals surface area contributed by atoms with Gasteiger partial charge in [0.2, 0.25) is 14.2 Å². The zero-order chi connectivity index (χ0) is 36.1. The number of halogens is 2. The Hall–Kier alpha value is -3.28. The maximum atomic E-state index is 15.0. The molecule has 0 aliphatic carbocycles. The lowest BCUT2D eigenvalue weighted by atomic mass is 9.85. The lowest BCUT2D eigenvalue weighted by Gasteiger charge is -2.34. The van der Waals surface area contributed by atoms with Crippen molar-refractivity contribution in [3.63, 3.8) is 0 Å². The molecule has 1 aliphatic heterocycles. The molecular formula is C39H52F2N2O5S3Si2. The van der Waals surface area contributed by atoms with E-state index in [9.17, 15) is 18.4 Å². The van der Waals surface area contributed by atoms with Gasteiger partial charge in [-0.05, 0) is 117 Å². The van der Waals surface area contributed by atoms with Crippen LogP contribution in [0.4, 0.5) is 19.3 Å². The van der Waals surface area contributed by atoms with Crippen molar-refractivity contribution in [3.8, 4) is 5.75 Å². The van der Waals surface area contributed by atoms with Crippen molar-refractivity contribution < 1.29 is 32.0 Å². The summed E-state index contributed by atoms with van der Waals surface area (Å²) in [6.07, 6.45) is -0.430. The lowest BCUT2D eigenvalue weighted by Crippen LogP contribution is -2.42. The second-order valence-electron chi connectivity index (χ2n) is 14.6. The minimum absolute atomic E-state index is 0. The predicted octanol–water partition coefficient (Wildman–Crippen LogP) is 10.4. The highest BCUT2D eigenvalue weighted by atomic mass is 32.1. The highest BCUT2D eigenvalue weighted by Gasteiger charge is 2.44. The normalized spacial score (nSPS) is 15.8. The second kappa shape index (κ2) is 19.9. The number of cyclic esters (lactones) is 1. The molecule has 4 atom stereocenters. The molecule has 0 spiro atoms. The summed E-state index contributed by atoms with van der Waals surface area (Å²) in [4.78, 5) is 29.6. The van der Waals surface area contributed by atoms with E-state index >= 15 is 0 Å². The lowest BCUT2D eigenvalue weighted by molar-refractivity contribution is -0.134. The fourth-order valence-corrected chi connectivity index (χ4v) is 8.12. The van der Waals surface area contributed by atoms with Crippen LogP contribution in [-0.2, 0) is 14.0 Å². The smallest absolute Gasteiger partial charge is 0.417 e. The average molecular weight is 819 g/mol. The highest BCUT2D eigenvalue weighted by molar-refractivity contribution is 7.59. The van der Waals surface area contributed by atoms with E-state index < -0.39 is 52.7 Å². The summed E-state index contributed by atoms with van der Waals surface area (Å²) < 4.78 is 46.3.